The highest BCUT2D eigenvalue weighted by atomic mass is 14.9. The summed E-state index contributed by atoms with van der Waals surface area (Å²) in [6.07, 6.45) is 2.80. The van der Waals surface area contributed by atoms with E-state index in [4.69, 9.17) is 9.98 Å². The fourth-order valence-corrected chi connectivity index (χ4v) is 4.46. The van der Waals surface area contributed by atoms with Crippen LogP contribution in [0.5, 0.6) is 0 Å². The van der Waals surface area contributed by atoms with Crippen LogP contribution in [0.15, 0.2) is 99.8 Å². The maximum Gasteiger partial charge on any atom is 0.0801 e. The highest BCUT2D eigenvalue weighted by Gasteiger charge is 2.32. The van der Waals surface area contributed by atoms with Crippen LogP contribution in [0.2, 0.25) is 0 Å². The van der Waals surface area contributed by atoms with Gasteiger partial charge in [0.25, 0.3) is 0 Å². The Labute approximate surface area is 184 Å². The molecular weight excluding hydrogens is 376 g/mol. The maximum absolute atomic E-state index is 5.17. The largest absolute Gasteiger partial charge is 0.255 e. The van der Waals surface area contributed by atoms with Crippen LogP contribution >= 0.6 is 0 Å². The van der Waals surface area contributed by atoms with E-state index in [1.54, 1.807) is 0 Å². The van der Waals surface area contributed by atoms with Crippen LogP contribution in [0, 0.1) is 27.7 Å². The van der Waals surface area contributed by atoms with Gasteiger partial charge >= 0.3 is 0 Å². The second kappa shape index (κ2) is 7.63. The van der Waals surface area contributed by atoms with Crippen LogP contribution in [0.1, 0.15) is 38.9 Å². The number of fused-ring (bicyclic) bond motifs is 1. The summed E-state index contributed by atoms with van der Waals surface area (Å²) >= 11 is 0. The second-order valence-corrected chi connectivity index (χ2v) is 8.71. The molecule has 0 aromatic heterocycles. The zero-order chi connectivity index (χ0) is 21.5. The molecule has 2 aliphatic heterocycles. The number of hydrogen-bond acceptors (Lipinski definition) is 2. The van der Waals surface area contributed by atoms with Gasteiger partial charge in [-0.3, -0.25) is 9.98 Å². The van der Waals surface area contributed by atoms with Gasteiger partial charge in [-0.1, -0.05) is 89.0 Å². The second-order valence-electron chi connectivity index (χ2n) is 8.71. The van der Waals surface area contributed by atoms with Gasteiger partial charge in [-0.25, -0.2) is 0 Å². The van der Waals surface area contributed by atoms with Crippen LogP contribution < -0.4 is 0 Å². The molecule has 2 heterocycles. The van der Waals surface area contributed by atoms with Crippen LogP contribution in [-0.2, 0) is 6.42 Å². The fraction of sp³-hybridized carbons (Fsp3) is 0.172. The summed E-state index contributed by atoms with van der Waals surface area (Å²) in [4.78, 5) is 10.0. The molecule has 5 rings (SSSR count). The molecular formula is C29H26N2. The predicted octanol–water partition coefficient (Wildman–Crippen LogP) is 6.61. The first kappa shape index (κ1) is 19.4. The van der Waals surface area contributed by atoms with Crippen molar-refractivity contribution >= 4 is 11.4 Å². The van der Waals surface area contributed by atoms with E-state index in [9.17, 15) is 0 Å². The highest BCUT2D eigenvalue weighted by molar-refractivity contribution is 6.30. The van der Waals surface area contributed by atoms with Gasteiger partial charge < -0.3 is 0 Å². The Balaban J connectivity index is 1.60. The van der Waals surface area contributed by atoms with E-state index in [-0.39, 0.29) is 0 Å². The van der Waals surface area contributed by atoms with Gasteiger partial charge in [0, 0.05) is 34.9 Å². The molecule has 3 aromatic rings. The molecule has 0 unspecified atom stereocenters. The molecule has 0 spiro atoms. The Kier molecular flexibility index (Phi) is 4.78. The summed E-state index contributed by atoms with van der Waals surface area (Å²) in [6, 6.07) is 24.0. The third-order valence-corrected chi connectivity index (χ3v) is 5.92. The minimum Gasteiger partial charge on any atom is -0.255 e. The Hall–Kier alpha value is -3.52. The summed E-state index contributed by atoms with van der Waals surface area (Å²) in [7, 11) is 0. The highest BCUT2D eigenvalue weighted by Crippen LogP contribution is 2.37. The number of aliphatic imine (C=N–C) groups is 2. The molecule has 2 heteroatoms. The molecule has 0 saturated heterocycles. The minimum absolute atomic E-state index is 0.801. The van der Waals surface area contributed by atoms with Crippen molar-refractivity contribution in [3.05, 3.63) is 129 Å². The smallest absolute Gasteiger partial charge is 0.0801 e. The Morgan fingerprint density at radius 3 is 1.74 bits per heavy atom. The molecule has 0 N–H and O–H groups in total. The predicted molar refractivity (Wildman–Crippen MR) is 130 cm³/mol. The normalized spacial score (nSPS) is 15.0. The van der Waals surface area contributed by atoms with E-state index in [0.29, 0.717) is 0 Å². The van der Waals surface area contributed by atoms with E-state index in [2.05, 4.69) is 94.4 Å². The van der Waals surface area contributed by atoms with Crippen molar-refractivity contribution in [1.29, 1.82) is 0 Å². The van der Waals surface area contributed by atoms with Crippen molar-refractivity contribution in [1.82, 2.24) is 0 Å². The van der Waals surface area contributed by atoms with E-state index in [1.807, 2.05) is 6.20 Å². The number of hydrogen-bond donors (Lipinski definition) is 0. The molecule has 152 valence electrons. The van der Waals surface area contributed by atoms with Crippen molar-refractivity contribution in [2.45, 2.75) is 34.1 Å². The maximum atomic E-state index is 5.17. The molecule has 0 saturated carbocycles. The first-order valence-corrected chi connectivity index (χ1v) is 10.8. The molecule has 3 aromatic carbocycles. The SMILES string of the molecule is Cc1ccc(C2=NC(Cc3cc(C)cc(C)c3)=C3C2=CN=C3c2ccc(C)cc2)cc1. The lowest BCUT2D eigenvalue weighted by molar-refractivity contribution is 1.10. The van der Waals surface area contributed by atoms with Gasteiger partial charge in [0.15, 0.2) is 0 Å². The summed E-state index contributed by atoms with van der Waals surface area (Å²) in [5.74, 6) is 0. The zero-order valence-corrected chi connectivity index (χ0v) is 18.5. The Morgan fingerprint density at radius 1 is 0.613 bits per heavy atom. The van der Waals surface area contributed by atoms with Crippen molar-refractivity contribution in [3.63, 3.8) is 0 Å². The Morgan fingerprint density at radius 2 is 1.16 bits per heavy atom. The average molecular weight is 403 g/mol. The van der Waals surface area contributed by atoms with Crippen molar-refractivity contribution in [3.8, 4) is 0 Å². The molecule has 0 fully saturated rings. The zero-order valence-electron chi connectivity index (χ0n) is 18.5. The van der Waals surface area contributed by atoms with Crippen LogP contribution in [-0.4, -0.2) is 11.4 Å². The summed E-state index contributed by atoms with van der Waals surface area (Å²) in [6.45, 7) is 8.54. The summed E-state index contributed by atoms with van der Waals surface area (Å²) in [5.41, 5.74) is 14.1. The van der Waals surface area contributed by atoms with Crippen LogP contribution in [0.4, 0.5) is 0 Å². The number of allylic oxidation sites excluding steroid dienone is 3. The monoisotopic (exact) mass is 402 g/mol. The van der Waals surface area contributed by atoms with Crippen LogP contribution in [0.25, 0.3) is 0 Å². The topological polar surface area (TPSA) is 24.7 Å². The fourth-order valence-electron chi connectivity index (χ4n) is 4.46. The first-order chi connectivity index (χ1) is 15.0. The molecule has 2 aliphatic rings. The summed E-state index contributed by atoms with van der Waals surface area (Å²) < 4.78 is 0. The molecule has 0 radical (unpaired) electrons. The van der Waals surface area contributed by atoms with Gasteiger partial charge in [-0.05, 0) is 33.3 Å². The lowest BCUT2D eigenvalue weighted by Gasteiger charge is -2.09. The van der Waals surface area contributed by atoms with Crippen molar-refractivity contribution < 1.29 is 0 Å². The van der Waals surface area contributed by atoms with E-state index in [1.165, 1.54) is 33.4 Å². The van der Waals surface area contributed by atoms with E-state index in [0.717, 1.165) is 40.2 Å². The third-order valence-electron chi connectivity index (χ3n) is 5.92. The quantitative estimate of drug-likeness (QED) is 0.469. The lowest BCUT2D eigenvalue weighted by atomic mass is 9.92. The molecule has 0 atom stereocenters. The number of benzene rings is 3. The van der Waals surface area contributed by atoms with Gasteiger partial charge in [-0.15, -0.1) is 0 Å². The molecule has 0 bridgehead atoms. The van der Waals surface area contributed by atoms with Gasteiger partial charge in [0.1, 0.15) is 0 Å². The summed E-state index contributed by atoms with van der Waals surface area (Å²) in [5, 5.41) is 0. The molecule has 2 nitrogen and oxygen atoms in total. The third kappa shape index (κ3) is 3.70. The minimum atomic E-state index is 0.801. The van der Waals surface area contributed by atoms with E-state index >= 15 is 0 Å². The van der Waals surface area contributed by atoms with Gasteiger partial charge in [0.05, 0.1) is 17.1 Å². The average Bonchev–Trinajstić information content (AvgIpc) is 3.30. The lowest BCUT2D eigenvalue weighted by Crippen LogP contribution is -2.08. The molecule has 0 amide bonds. The Bertz CT molecular complexity index is 1230. The number of nitrogens with zero attached hydrogens (tertiary/aromatic N) is 2. The number of aryl methyl sites for hydroxylation is 4. The molecule has 0 aliphatic carbocycles. The standard InChI is InChI=1S/C29H26N2/c1-18-5-9-23(10-6-18)28-25-17-30-29(24-11-7-19(2)8-12-24)27(25)26(31-28)16-22-14-20(3)13-21(4)15-22/h5-15,17H,16H2,1-4H3. The van der Waals surface area contributed by atoms with Gasteiger partial charge in [-0.2, -0.15) is 0 Å². The molecule has 31 heavy (non-hydrogen) atoms. The van der Waals surface area contributed by atoms with E-state index < -0.39 is 0 Å². The number of rotatable bonds is 4. The van der Waals surface area contributed by atoms with Crippen molar-refractivity contribution in [2.24, 2.45) is 9.98 Å². The first-order valence-electron chi connectivity index (χ1n) is 10.8. The van der Waals surface area contributed by atoms with Gasteiger partial charge in [0.2, 0.25) is 0 Å². The van der Waals surface area contributed by atoms with Crippen molar-refractivity contribution in [2.75, 3.05) is 0 Å². The van der Waals surface area contributed by atoms with Crippen LogP contribution in [0.3, 0.4) is 0 Å².